The Hall–Kier alpha value is -2.02. The van der Waals surface area contributed by atoms with Gasteiger partial charge in [-0.1, -0.05) is 54.6 Å². The van der Waals surface area contributed by atoms with Crippen molar-refractivity contribution < 1.29 is 0 Å². The summed E-state index contributed by atoms with van der Waals surface area (Å²) < 4.78 is 0. The summed E-state index contributed by atoms with van der Waals surface area (Å²) in [5.41, 5.74) is 4.82. The van der Waals surface area contributed by atoms with Crippen molar-refractivity contribution in [1.29, 1.82) is 0 Å². The monoisotopic (exact) mass is 223 g/mol. The van der Waals surface area contributed by atoms with E-state index < -0.39 is 0 Å². The normalized spacial score (nSPS) is 9.94. The zero-order valence-corrected chi connectivity index (χ0v) is 10.1. The maximum atomic E-state index is 3.85. The van der Waals surface area contributed by atoms with Gasteiger partial charge in [-0.15, -0.1) is 0 Å². The first-order valence-corrected chi connectivity index (χ1v) is 5.80. The highest BCUT2D eigenvalue weighted by molar-refractivity contribution is 5.66. The molecule has 0 aliphatic heterocycles. The fourth-order valence-corrected chi connectivity index (χ4v) is 1.81. The number of rotatable bonds is 4. The number of nitrogens with one attached hydrogen (secondary N) is 1. The van der Waals surface area contributed by atoms with Gasteiger partial charge in [-0.2, -0.15) is 0 Å². The smallest absolute Gasteiger partial charge is 0.0416 e. The molecule has 86 valence electrons. The molecule has 2 rings (SSSR count). The van der Waals surface area contributed by atoms with Crippen molar-refractivity contribution in [3.05, 3.63) is 71.8 Å². The lowest BCUT2D eigenvalue weighted by Crippen LogP contribution is -2.00. The van der Waals surface area contributed by atoms with E-state index in [1.165, 1.54) is 11.1 Å². The minimum absolute atomic E-state index is 0.838. The Morgan fingerprint density at radius 1 is 1.12 bits per heavy atom. The van der Waals surface area contributed by atoms with E-state index in [1.807, 2.05) is 12.1 Å². The van der Waals surface area contributed by atoms with Gasteiger partial charge in [-0.25, -0.2) is 0 Å². The topological polar surface area (TPSA) is 12.0 Å². The summed E-state index contributed by atoms with van der Waals surface area (Å²) in [7, 11) is 0. The summed E-state index contributed by atoms with van der Waals surface area (Å²) in [6.45, 7) is 6.78. The Morgan fingerprint density at radius 3 is 2.59 bits per heavy atom. The van der Waals surface area contributed by atoms with Crippen LogP contribution in [0.15, 0.2) is 55.1 Å². The van der Waals surface area contributed by atoms with E-state index in [0.29, 0.717) is 0 Å². The molecule has 1 nitrogen and oxygen atoms in total. The van der Waals surface area contributed by atoms with Gasteiger partial charge in [-0.3, -0.25) is 0 Å². The molecule has 0 aliphatic rings. The minimum atomic E-state index is 0.838. The maximum absolute atomic E-state index is 3.85. The SMILES string of the molecule is C=Cc1cc(C)ccc1NCc1ccccc1. The molecule has 0 fully saturated rings. The predicted octanol–water partition coefficient (Wildman–Crippen LogP) is 4.25. The molecule has 0 unspecified atom stereocenters. The molecule has 0 saturated carbocycles. The first-order chi connectivity index (χ1) is 8.29. The van der Waals surface area contributed by atoms with Crippen LogP contribution >= 0.6 is 0 Å². The Morgan fingerprint density at radius 2 is 1.88 bits per heavy atom. The van der Waals surface area contributed by atoms with Crippen molar-refractivity contribution in [3.8, 4) is 0 Å². The molecule has 0 bridgehead atoms. The van der Waals surface area contributed by atoms with Crippen molar-refractivity contribution in [2.45, 2.75) is 13.5 Å². The Balaban J connectivity index is 2.11. The molecule has 1 N–H and O–H groups in total. The van der Waals surface area contributed by atoms with Crippen LogP contribution in [0.4, 0.5) is 5.69 Å². The number of aryl methyl sites for hydroxylation is 1. The van der Waals surface area contributed by atoms with Crippen LogP contribution in [0.25, 0.3) is 6.08 Å². The lowest BCUT2D eigenvalue weighted by Gasteiger charge is -2.10. The summed E-state index contributed by atoms with van der Waals surface area (Å²) in [4.78, 5) is 0. The second-order valence-electron chi connectivity index (χ2n) is 4.13. The summed E-state index contributed by atoms with van der Waals surface area (Å²) in [5.74, 6) is 0. The van der Waals surface area contributed by atoms with Crippen LogP contribution in [0.2, 0.25) is 0 Å². The number of hydrogen-bond donors (Lipinski definition) is 1. The van der Waals surface area contributed by atoms with Crippen LogP contribution in [-0.4, -0.2) is 0 Å². The zero-order valence-electron chi connectivity index (χ0n) is 10.1. The molecule has 17 heavy (non-hydrogen) atoms. The molecule has 0 aliphatic carbocycles. The van der Waals surface area contributed by atoms with Crippen LogP contribution < -0.4 is 5.32 Å². The summed E-state index contributed by atoms with van der Waals surface area (Å²) in [5, 5.41) is 3.44. The van der Waals surface area contributed by atoms with Crippen molar-refractivity contribution in [2.24, 2.45) is 0 Å². The first-order valence-electron chi connectivity index (χ1n) is 5.80. The first kappa shape index (κ1) is 11.5. The van der Waals surface area contributed by atoms with Crippen LogP contribution in [0.3, 0.4) is 0 Å². The molecule has 2 aromatic rings. The number of anilines is 1. The quantitative estimate of drug-likeness (QED) is 0.817. The van der Waals surface area contributed by atoms with Crippen molar-refractivity contribution in [1.82, 2.24) is 0 Å². The highest BCUT2D eigenvalue weighted by Crippen LogP contribution is 2.19. The molecule has 1 heteroatoms. The summed E-state index contributed by atoms with van der Waals surface area (Å²) >= 11 is 0. The second kappa shape index (κ2) is 5.35. The van der Waals surface area contributed by atoms with Gasteiger partial charge in [0.25, 0.3) is 0 Å². The van der Waals surface area contributed by atoms with Crippen molar-refractivity contribution in [2.75, 3.05) is 5.32 Å². The molecular weight excluding hydrogens is 206 g/mol. The lowest BCUT2D eigenvalue weighted by atomic mass is 10.1. The third kappa shape index (κ3) is 2.97. The van der Waals surface area contributed by atoms with Crippen molar-refractivity contribution >= 4 is 11.8 Å². The van der Waals surface area contributed by atoms with E-state index in [9.17, 15) is 0 Å². The van der Waals surface area contributed by atoms with Gasteiger partial charge < -0.3 is 5.32 Å². The highest BCUT2D eigenvalue weighted by Gasteiger charge is 1.99. The maximum Gasteiger partial charge on any atom is 0.0416 e. The van der Waals surface area contributed by atoms with E-state index in [0.717, 1.165) is 17.8 Å². The van der Waals surface area contributed by atoms with E-state index in [4.69, 9.17) is 0 Å². The molecule has 0 spiro atoms. The van der Waals surface area contributed by atoms with Gasteiger partial charge in [-0.05, 0) is 30.2 Å². The van der Waals surface area contributed by atoms with Gasteiger partial charge in [0.1, 0.15) is 0 Å². The van der Waals surface area contributed by atoms with Gasteiger partial charge >= 0.3 is 0 Å². The molecular formula is C16H17N. The zero-order chi connectivity index (χ0) is 12.1. The van der Waals surface area contributed by atoms with E-state index in [1.54, 1.807) is 0 Å². The Kier molecular flexibility index (Phi) is 3.61. The standard InChI is InChI=1S/C16H17N/c1-3-15-11-13(2)9-10-16(15)17-12-14-7-5-4-6-8-14/h3-11,17H,1,12H2,2H3. The third-order valence-corrected chi connectivity index (χ3v) is 2.75. The highest BCUT2D eigenvalue weighted by atomic mass is 14.9. The van der Waals surface area contributed by atoms with Crippen LogP contribution in [0.5, 0.6) is 0 Å². The second-order valence-corrected chi connectivity index (χ2v) is 4.13. The van der Waals surface area contributed by atoms with Crippen molar-refractivity contribution in [3.63, 3.8) is 0 Å². The van der Waals surface area contributed by atoms with Gasteiger partial charge in [0.15, 0.2) is 0 Å². The fourth-order valence-electron chi connectivity index (χ4n) is 1.81. The Labute approximate surface area is 103 Å². The summed E-state index contributed by atoms with van der Waals surface area (Å²) in [6.07, 6.45) is 1.89. The fraction of sp³-hybridized carbons (Fsp3) is 0.125. The molecule has 0 aromatic heterocycles. The Bertz CT molecular complexity index is 500. The lowest BCUT2D eigenvalue weighted by molar-refractivity contribution is 1.15. The van der Waals surface area contributed by atoms with Gasteiger partial charge in [0.2, 0.25) is 0 Å². The van der Waals surface area contributed by atoms with Gasteiger partial charge in [0.05, 0.1) is 0 Å². The molecule has 2 aromatic carbocycles. The number of hydrogen-bond acceptors (Lipinski definition) is 1. The van der Waals surface area contributed by atoms with Crippen LogP contribution in [0.1, 0.15) is 16.7 Å². The number of benzene rings is 2. The molecule has 0 radical (unpaired) electrons. The molecule has 0 saturated heterocycles. The van der Waals surface area contributed by atoms with Crippen LogP contribution in [0, 0.1) is 6.92 Å². The average Bonchev–Trinajstić information content (AvgIpc) is 2.38. The average molecular weight is 223 g/mol. The molecule has 0 amide bonds. The van der Waals surface area contributed by atoms with E-state index in [-0.39, 0.29) is 0 Å². The molecule has 0 atom stereocenters. The molecule has 0 heterocycles. The van der Waals surface area contributed by atoms with Gasteiger partial charge in [0, 0.05) is 12.2 Å². The summed E-state index contributed by atoms with van der Waals surface area (Å²) in [6, 6.07) is 16.7. The largest absolute Gasteiger partial charge is 0.380 e. The van der Waals surface area contributed by atoms with Crippen LogP contribution in [-0.2, 0) is 6.54 Å². The van der Waals surface area contributed by atoms with E-state index >= 15 is 0 Å². The predicted molar refractivity (Wildman–Crippen MR) is 75.0 cm³/mol. The van der Waals surface area contributed by atoms with E-state index in [2.05, 4.69) is 61.3 Å². The minimum Gasteiger partial charge on any atom is -0.380 e. The third-order valence-electron chi connectivity index (χ3n) is 2.75.